The van der Waals surface area contributed by atoms with Crippen LogP contribution in [0.4, 0.5) is 0 Å². The van der Waals surface area contributed by atoms with Gasteiger partial charge in [0, 0.05) is 36.7 Å². The van der Waals surface area contributed by atoms with Crippen LogP contribution in [-0.2, 0) is 11.3 Å². The lowest BCUT2D eigenvalue weighted by Crippen LogP contribution is -2.58. The molecule has 0 saturated carbocycles. The summed E-state index contributed by atoms with van der Waals surface area (Å²) in [6.07, 6.45) is 6.41. The van der Waals surface area contributed by atoms with Crippen molar-refractivity contribution in [3.63, 3.8) is 0 Å². The van der Waals surface area contributed by atoms with Crippen molar-refractivity contribution in [2.75, 3.05) is 32.8 Å². The number of hydrogen-bond acceptors (Lipinski definition) is 4. The van der Waals surface area contributed by atoms with Gasteiger partial charge >= 0.3 is 0 Å². The van der Waals surface area contributed by atoms with Crippen molar-refractivity contribution >= 4 is 22.9 Å². The third kappa shape index (κ3) is 3.99. The second-order valence-corrected chi connectivity index (χ2v) is 7.99. The first kappa shape index (κ1) is 15.8. The molecule has 21 heavy (non-hydrogen) atoms. The standard InChI is InChI=1S/C16H25ClN2OS/c17-15-5-4-14(21-15)12-18-13-16(6-10-20-11-7-16)19-8-2-1-3-9-19/h4-5,18H,1-3,6-13H2. The molecule has 0 unspecified atom stereocenters. The molecule has 2 fully saturated rings. The van der Waals surface area contributed by atoms with Gasteiger partial charge in [-0.15, -0.1) is 11.3 Å². The second-order valence-electron chi connectivity index (χ2n) is 6.19. The van der Waals surface area contributed by atoms with Crippen LogP contribution in [0.5, 0.6) is 0 Å². The molecule has 2 aliphatic rings. The summed E-state index contributed by atoms with van der Waals surface area (Å²) in [5.41, 5.74) is 0.305. The lowest BCUT2D eigenvalue weighted by atomic mass is 9.86. The summed E-state index contributed by atoms with van der Waals surface area (Å²) >= 11 is 7.68. The normalized spacial score (nSPS) is 23.3. The number of nitrogens with one attached hydrogen (secondary N) is 1. The van der Waals surface area contributed by atoms with Crippen LogP contribution in [0, 0.1) is 0 Å². The van der Waals surface area contributed by atoms with Crippen LogP contribution < -0.4 is 5.32 Å². The number of hydrogen-bond donors (Lipinski definition) is 1. The van der Waals surface area contributed by atoms with Gasteiger partial charge in [0.25, 0.3) is 0 Å². The molecular formula is C16H25ClN2OS. The number of ether oxygens (including phenoxy) is 1. The highest BCUT2D eigenvalue weighted by Crippen LogP contribution is 2.30. The molecule has 0 atom stereocenters. The zero-order valence-electron chi connectivity index (χ0n) is 12.6. The lowest BCUT2D eigenvalue weighted by Gasteiger charge is -2.48. The lowest BCUT2D eigenvalue weighted by molar-refractivity contribution is -0.0357. The highest BCUT2D eigenvalue weighted by atomic mass is 35.5. The number of likely N-dealkylation sites (tertiary alicyclic amines) is 1. The van der Waals surface area contributed by atoms with E-state index in [1.54, 1.807) is 11.3 Å². The van der Waals surface area contributed by atoms with Gasteiger partial charge in [0.2, 0.25) is 0 Å². The van der Waals surface area contributed by atoms with Crippen molar-refractivity contribution in [1.82, 2.24) is 10.2 Å². The van der Waals surface area contributed by atoms with Crippen LogP contribution in [0.25, 0.3) is 0 Å². The summed E-state index contributed by atoms with van der Waals surface area (Å²) in [6.45, 7) is 6.31. The highest BCUT2D eigenvalue weighted by molar-refractivity contribution is 7.16. The first-order valence-corrected chi connectivity index (χ1v) is 9.26. The first-order valence-electron chi connectivity index (χ1n) is 8.06. The van der Waals surface area contributed by atoms with Gasteiger partial charge in [-0.3, -0.25) is 4.90 Å². The average Bonchev–Trinajstić information content (AvgIpc) is 2.95. The number of nitrogens with zero attached hydrogens (tertiary/aromatic N) is 1. The van der Waals surface area contributed by atoms with E-state index in [1.165, 1.54) is 37.2 Å². The Morgan fingerprint density at radius 1 is 1.19 bits per heavy atom. The molecule has 118 valence electrons. The third-order valence-corrected chi connectivity index (χ3v) is 6.06. The molecule has 0 aliphatic carbocycles. The van der Waals surface area contributed by atoms with E-state index in [0.717, 1.165) is 43.5 Å². The van der Waals surface area contributed by atoms with Gasteiger partial charge in [-0.25, -0.2) is 0 Å². The molecule has 3 heterocycles. The minimum atomic E-state index is 0.305. The molecule has 3 nitrogen and oxygen atoms in total. The molecule has 0 aromatic carbocycles. The number of rotatable bonds is 5. The molecule has 1 aromatic heterocycles. The maximum atomic E-state index is 6.00. The van der Waals surface area contributed by atoms with Gasteiger partial charge in [-0.2, -0.15) is 0 Å². The smallest absolute Gasteiger partial charge is 0.0931 e. The predicted molar refractivity (Wildman–Crippen MR) is 89.2 cm³/mol. The molecule has 2 aliphatic heterocycles. The van der Waals surface area contributed by atoms with Crippen LogP contribution in [0.15, 0.2) is 12.1 Å². The van der Waals surface area contributed by atoms with Gasteiger partial charge in [-0.1, -0.05) is 18.0 Å². The summed E-state index contributed by atoms with van der Waals surface area (Å²) in [7, 11) is 0. The molecule has 1 aromatic rings. The topological polar surface area (TPSA) is 24.5 Å². The van der Waals surface area contributed by atoms with Crippen molar-refractivity contribution in [2.45, 2.75) is 44.2 Å². The van der Waals surface area contributed by atoms with Crippen molar-refractivity contribution in [3.8, 4) is 0 Å². The molecule has 3 rings (SSSR count). The Balaban J connectivity index is 1.59. The SMILES string of the molecule is Clc1ccc(CNCC2(N3CCCCC3)CCOCC2)s1. The van der Waals surface area contributed by atoms with Crippen LogP contribution >= 0.6 is 22.9 Å². The zero-order chi connectivity index (χ0) is 14.5. The van der Waals surface area contributed by atoms with Crippen molar-refractivity contribution in [2.24, 2.45) is 0 Å². The van der Waals surface area contributed by atoms with Crippen LogP contribution in [0.1, 0.15) is 37.0 Å². The number of thiophene rings is 1. The van der Waals surface area contributed by atoms with Crippen LogP contribution in [-0.4, -0.2) is 43.3 Å². The van der Waals surface area contributed by atoms with Crippen molar-refractivity contribution in [3.05, 3.63) is 21.3 Å². The van der Waals surface area contributed by atoms with E-state index >= 15 is 0 Å². The molecule has 0 spiro atoms. The van der Waals surface area contributed by atoms with E-state index in [4.69, 9.17) is 16.3 Å². The fourth-order valence-corrected chi connectivity index (χ4v) is 4.65. The maximum Gasteiger partial charge on any atom is 0.0931 e. The molecular weight excluding hydrogens is 304 g/mol. The minimum absolute atomic E-state index is 0.305. The number of halogens is 1. The summed E-state index contributed by atoms with van der Waals surface area (Å²) < 4.78 is 6.49. The Bertz CT molecular complexity index is 439. The summed E-state index contributed by atoms with van der Waals surface area (Å²) in [4.78, 5) is 4.05. The van der Waals surface area contributed by atoms with Gasteiger partial charge in [0.05, 0.1) is 4.34 Å². The Morgan fingerprint density at radius 3 is 2.62 bits per heavy atom. The van der Waals surface area contributed by atoms with Gasteiger partial charge in [-0.05, 0) is 50.9 Å². The van der Waals surface area contributed by atoms with Gasteiger partial charge < -0.3 is 10.1 Å². The molecule has 2 saturated heterocycles. The quantitative estimate of drug-likeness (QED) is 0.895. The van der Waals surface area contributed by atoms with Crippen LogP contribution in [0.3, 0.4) is 0 Å². The second kappa shape index (κ2) is 7.42. The Hall–Kier alpha value is -0.130. The van der Waals surface area contributed by atoms with E-state index in [1.807, 2.05) is 6.07 Å². The Kier molecular flexibility index (Phi) is 5.57. The Labute approximate surface area is 136 Å². The Morgan fingerprint density at radius 2 is 1.95 bits per heavy atom. The fraction of sp³-hybridized carbons (Fsp3) is 0.750. The third-order valence-electron chi connectivity index (χ3n) is 4.83. The first-order chi connectivity index (χ1) is 10.3. The maximum absolute atomic E-state index is 6.00. The van der Waals surface area contributed by atoms with E-state index in [9.17, 15) is 0 Å². The summed E-state index contributed by atoms with van der Waals surface area (Å²) in [5, 5.41) is 3.68. The van der Waals surface area contributed by atoms with E-state index in [2.05, 4.69) is 16.3 Å². The average molecular weight is 329 g/mol. The van der Waals surface area contributed by atoms with Crippen molar-refractivity contribution in [1.29, 1.82) is 0 Å². The largest absolute Gasteiger partial charge is 0.381 e. The minimum Gasteiger partial charge on any atom is -0.381 e. The molecule has 0 radical (unpaired) electrons. The summed E-state index contributed by atoms with van der Waals surface area (Å²) in [5.74, 6) is 0. The van der Waals surface area contributed by atoms with Gasteiger partial charge in [0.15, 0.2) is 0 Å². The molecule has 5 heteroatoms. The highest BCUT2D eigenvalue weighted by Gasteiger charge is 2.38. The number of piperidine rings is 1. The fourth-order valence-electron chi connectivity index (χ4n) is 3.59. The predicted octanol–water partition coefficient (Wildman–Crippen LogP) is 3.53. The van der Waals surface area contributed by atoms with Gasteiger partial charge in [0.1, 0.15) is 0 Å². The molecule has 0 bridgehead atoms. The van der Waals surface area contributed by atoms with E-state index in [0.29, 0.717) is 5.54 Å². The molecule has 1 N–H and O–H groups in total. The molecule has 0 amide bonds. The van der Waals surface area contributed by atoms with E-state index < -0.39 is 0 Å². The van der Waals surface area contributed by atoms with Crippen molar-refractivity contribution < 1.29 is 4.74 Å². The van der Waals surface area contributed by atoms with Crippen LogP contribution in [0.2, 0.25) is 4.34 Å². The van der Waals surface area contributed by atoms with E-state index in [-0.39, 0.29) is 0 Å². The zero-order valence-corrected chi connectivity index (χ0v) is 14.1. The summed E-state index contributed by atoms with van der Waals surface area (Å²) in [6, 6.07) is 4.11. The monoisotopic (exact) mass is 328 g/mol.